The molecule has 1 fully saturated rings. The van der Waals surface area contributed by atoms with Crippen molar-refractivity contribution in [1.82, 2.24) is 20.4 Å². The molecule has 2 aromatic rings. The maximum absolute atomic E-state index is 6.02. The molecule has 0 radical (unpaired) electrons. The fourth-order valence-corrected chi connectivity index (χ4v) is 4.74. The Morgan fingerprint density at radius 2 is 2.17 bits per heavy atom. The van der Waals surface area contributed by atoms with Crippen molar-refractivity contribution in [2.24, 2.45) is 5.92 Å². The Kier molecular flexibility index (Phi) is 4.65. The van der Waals surface area contributed by atoms with Crippen LogP contribution in [-0.4, -0.2) is 27.8 Å². The molecule has 0 saturated carbocycles. The Labute approximate surface area is 146 Å². The lowest BCUT2D eigenvalue weighted by atomic mass is 9.93. The third kappa shape index (κ3) is 3.53. The topological polar surface area (TPSA) is 73.1 Å². The Morgan fingerprint density at radius 1 is 1.25 bits per heavy atom. The molecule has 4 rings (SSSR count). The number of thiazole rings is 1. The van der Waals surface area contributed by atoms with E-state index in [1.54, 1.807) is 0 Å². The molecular weight excluding hydrogens is 324 g/mol. The van der Waals surface area contributed by atoms with Gasteiger partial charge in [-0.25, -0.2) is 4.98 Å². The fourth-order valence-electron chi connectivity index (χ4n) is 3.49. The predicted octanol–water partition coefficient (Wildman–Crippen LogP) is 2.97. The molecule has 24 heavy (non-hydrogen) atoms. The summed E-state index contributed by atoms with van der Waals surface area (Å²) in [5.74, 6) is 2.07. The van der Waals surface area contributed by atoms with Gasteiger partial charge in [0, 0.05) is 18.0 Å². The van der Waals surface area contributed by atoms with Crippen LogP contribution in [0.1, 0.15) is 59.6 Å². The average molecular weight is 348 g/mol. The van der Waals surface area contributed by atoms with E-state index in [-0.39, 0.29) is 12.2 Å². The molecule has 2 aliphatic rings. The van der Waals surface area contributed by atoms with E-state index in [1.807, 2.05) is 18.3 Å². The molecule has 130 valence electrons. The quantitative estimate of drug-likeness (QED) is 0.895. The van der Waals surface area contributed by atoms with Crippen molar-refractivity contribution in [3.05, 3.63) is 27.3 Å². The highest BCUT2D eigenvalue weighted by atomic mass is 32.1. The van der Waals surface area contributed by atoms with Crippen LogP contribution in [0.4, 0.5) is 0 Å². The molecule has 0 bridgehead atoms. The molecule has 0 spiro atoms. The second-order valence-corrected chi connectivity index (χ2v) is 8.13. The van der Waals surface area contributed by atoms with Gasteiger partial charge in [0.2, 0.25) is 0 Å². The molecule has 1 saturated heterocycles. The molecule has 6 nitrogen and oxygen atoms in total. The predicted molar refractivity (Wildman–Crippen MR) is 90.9 cm³/mol. The van der Waals surface area contributed by atoms with Crippen LogP contribution in [0.25, 0.3) is 0 Å². The summed E-state index contributed by atoms with van der Waals surface area (Å²) in [6, 6.07) is 0. The summed E-state index contributed by atoms with van der Waals surface area (Å²) in [5, 5.41) is 8.54. The van der Waals surface area contributed by atoms with Gasteiger partial charge in [0.05, 0.1) is 11.8 Å². The van der Waals surface area contributed by atoms with E-state index in [0.717, 1.165) is 38.3 Å². The van der Waals surface area contributed by atoms with Gasteiger partial charge in [0.15, 0.2) is 5.82 Å². The van der Waals surface area contributed by atoms with Crippen molar-refractivity contribution in [2.45, 2.75) is 64.7 Å². The first-order valence-corrected chi connectivity index (χ1v) is 9.63. The summed E-state index contributed by atoms with van der Waals surface area (Å²) in [4.78, 5) is 10.6. The van der Waals surface area contributed by atoms with Crippen molar-refractivity contribution in [3.63, 3.8) is 0 Å². The van der Waals surface area contributed by atoms with E-state index in [0.29, 0.717) is 11.7 Å². The summed E-state index contributed by atoms with van der Waals surface area (Å²) >= 11 is 1.87. The molecule has 1 N–H and O–H groups in total. The number of aromatic nitrogens is 3. The van der Waals surface area contributed by atoms with Crippen LogP contribution in [0.3, 0.4) is 0 Å². The number of aryl methyl sites for hydroxylation is 2. The first-order chi connectivity index (χ1) is 11.7. The van der Waals surface area contributed by atoms with Crippen molar-refractivity contribution < 1.29 is 9.26 Å². The summed E-state index contributed by atoms with van der Waals surface area (Å²) in [7, 11) is 0. The number of rotatable bonds is 5. The van der Waals surface area contributed by atoms with E-state index < -0.39 is 0 Å². The molecule has 1 aliphatic heterocycles. The van der Waals surface area contributed by atoms with Crippen LogP contribution in [0.15, 0.2) is 4.52 Å². The number of hydrogen-bond acceptors (Lipinski definition) is 7. The van der Waals surface area contributed by atoms with E-state index in [2.05, 4.69) is 22.4 Å². The van der Waals surface area contributed by atoms with Crippen LogP contribution in [0.2, 0.25) is 0 Å². The molecule has 1 aliphatic carbocycles. The van der Waals surface area contributed by atoms with Crippen LogP contribution >= 0.6 is 11.3 Å². The van der Waals surface area contributed by atoms with E-state index in [1.165, 1.54) is 28.4 Å². The third-order valence-corrected chi connectivity index (χ3v) is 5.92. The standard InChI is InChI=1S/C17H24N4O2S/c1-10-3-5-13-15(7-10)24-16(20-13)9-18-8-12-4-6-14(22-12)17-19-11(2)21-23-17/h10,12,14,18H,3-9H2,1-2H3/t10-,12+,14-/m0/s1. The van der Waals surface area contributed by atoms with Crippen molar-refractivity contribution in [1.29, 1.82) is 0 Å². The molecule has 3 heterocycles. The minimum Gasteiger partial charge on any atom is -0.364 e. The van der Waals surface area contributed by atoms with Crippen LogP contribution in [0.5, 0.6) is 0 Å². The molecule has 0 amide bonds. The highest BCUT2D eigenvalue weighted by Crippen LogP contribution is 2.32. The zero-order chi connectivity index (χ0) is 16.5. The number of nitrogens with one attached hydrogen (secondary N) is 1. The van der Waals surface area contributed by atoms with Crippen LogP contribution in [-0.2, 0) is 24.1 Å². The minimum absolute atomic E-state index is 0.0494. The van der Waals surface area contributed by atoms with Gasteiger partial charge in [-0.3, -0.25) is 0 Å². The first-order valence-electron chi connectivity index (χ1n) is 8.81. The largest absolute Gasteiger partial charge is 0.364 e. The van der Waals surface area contributed by atoms with Gasteiger partial charge in [-0.15, -0.1) is 11.3 Å². The first kappa shape index (κ1) is 16.2. The van der Waals surface area contributed by atoms with Gasteiger partial charge in [-0.2, -0.15) is 4.98 Å². The Morgan fingerprint density at radius 3 is 3.00 bits per heavy atom. The zero-order valence-electron chi connectivity index (χ0n) is 14.2. The van der Waals surface area contributed by atoms with Gasteiger partial charge < -0.3 is 14.6 Å². The van der Waals surface area contributed by atoms with E-state index in [9.17, 15) is 0 Å². The summed E-state index contributed by atoms with van der Waals surface area (Å²) in [6.45, 7) is 5.83. The van der Waals surface area contributed by atoms with Crippen LogP contribution < -0.4 is 5.32 Å². The van der Waals surface area contributed by atoms with E-state index in [4.69, 9.17) is 14.2 Å². The molecular formula is C17H24N4O2S. The number of fused-ring (bicyclic) bond motifs is 1. The minimum atomic E-state index is -0.0494. The zero-order valence-corrected chi connectivity index (χ0v) is 15.1. The second kappa shape index (κ2) is 6.90. The third-order valence-electron chi connectivity index (χ3n) is 4.80. The van der Waals surface area contributed by atoms with Crippen molar-refractivity contribution in [2.75, 3.05) is 6.54 Å². The molecule has 0 unspecified atom stereocenters. The van der Waals surface area contributed by atoms with E-state index >= 15 is 0 Å². The smallest absolute Gasteiger partial charge is 0.255 e. The molecule has 7 heteroatoms. The normalized spacial score (nSPS) is 26.7. The Bertz CT molecular complexity index is 699. The van der Waals surface area contributed by atoms with Gasteiger partial charge in [0.25, 0.3) is 5.89 Å². The molecule has 2 aromatic heterocycles. The number of hydrogen-bond donors (Lipinski definition) is 1. The highest BCUT2D eigenvalue weighted by molar-refractivity contribution is 7.11. The van der Waals surface area contributed by atoms with Crippen molar-refractivity contribution >= 4 is 11.3 Å². The summed E-state index contributed by atoms with van der Waals surface area (Å²) in [5.41, 5.74) is 1.33. The van der Waals surface area contributed by atoms with Crippen molar-refractivity contribution in [3.8, 4) is 0 Å². The fraction of sp³-hybridized carbons (Fsp3) is 0.706. The lowest BCUT2D eigenvalue weighted by molar-refractivity contribution is 0.0264. The molecule has 3 atom stereocenters. The molecule has 0 aromatic carbocycles. The Balaban J connectivity index is 1.25. The lowest BCUT2D eigenvalue weighted by Gasteiger charge is -2.15. The SMILES string of the molecule is Cc1noc([C@@H]2CC[C@H](CNCc3nc4c(s3)C[C@@H](C)CC4)O2)n1. The highest BCUT2D eigenvalue weighted by Gasteiger charge is 2.30. The Hall–Kier alpha value is -1.31. The summed E-state index contributed by atoms with van der Waals surface area (Å²) < 4.78 is 11.2. The monoisotopic (exact) mass is 348 g/mol. The lowest BCUT2D eigenvalue weighted by Crippen LogP contribution is -2.26. The maximum atomic E-state index is 6.02. The number of nitrogens with zero attached hydrogens (tertiary/aromatic N) is 3. The second-order valence-electron chi connectivity index (χ2n) is 6.96. The van der Waals surface area contributed by atoms with Crippen LogP contribution in [0, 0.1) is 12.8 Å². The van der Waals surface area contributed by atoms with Gasteiger partial charge >= 0.3 is 0 Å². The van der Waals surface area contributed by atoms with Gasteiger partial charge in [0.1, 0.15) is 11.1 Å². The summed E-state index contributed by atoms with van der Waals surface area (Å²) in [6.07, 6.45) is 5.73. The average Bonchev–Trinajstić information content (AvgIpc) is 3.26. The van der Waals surface area contributed by atoms with Gasteiger partial charge in [-0.1, -0.05) is 12.1 Å². The number of ether oxygens (including phenoxy) is 1. The van der Waals surface area contributed by atoms with Gasteiger partial charge in [-0.05, 0) is 44.9 Å². The maximum Gasteiger partial charge on any atom is 0.255 e.